The van der Waals surface area contributed by atoms with Crippen LogP contribution in [0.25, 0.3) is 0 Å². The number of ether oxygens (including phenoxy) is 2. The molecular weight excluding hydrogens is 416 g/mol. The van der Waals surface area contributed by atoms with E-state index in [0.717, 1.165) is 0 Å². The number of benzene rings is 1. The predicted octanol–water partition coefficient (Wildman–Crippen LogP) is 2.56. The molecule has 7 nitrogen and oxygen atoms in total. The molecule has 2 amide bonds. The highest BCUT2D eigenvalue weighted by Crippen LogP contribution is 2.21. The van der Waals surface area contributed by atoms with E-state index in [4.69, 9.17) is 21.1 Å². The van der Waals surface area contributed by atoms with Crippen molar-refractivity contribution < 1.29 is 23.9 Å². The minimum atomic E-state index is -0.662. The van der Waals surface area contributed by atoms with Crippen molar-refractivity contribution in [2.24, 2.45) is 0 Å². The summed E-state index contributed by atoms with van der Waals surface area (Å²) in [5.41, 5.74) is 0.191. The van der Waals surface area contributed by atoms with Crippen LogP contribution < -0.4 is 0 Å². The van der Waals surface area contributed by atoms with Crippen molar-refractivity contribution >= 4 is 45.5 Å². The molecule has 0 saturated carbocycles. The number of hydrogen-bond acceptors (Lipinski definition) is 5. The SMILES string of the molecule is CCOC(=O)N1CCN(C(=O)COC(=O)c2cc(Br)ccc2Cl)CC1. The molecule has 1 saturated heterocycles. The summed E-state index contributed by atoms with van der Waals surface area (Å²) in [6.07, 6.45) is -0.384. The topological polar surface area (TPSA) is 76.2 Å². The van der Waals surface area contributed by atoms with Crippen LogP contribution in [-0.2, 0) is 14.3 Å². The van der Waals surface area contributed by atoms with Crippen LogP contribution in [0.15, 0.2) is 22.7 Å². The van der Waals surface area contributed by atoms with Crippen molar-refractivity contribution in [3.63, 3.8) is 0 Å². The first kappa shape index (κ1) is 19.5. The summed E-state index contributed by atoms with van der Waals surface area (Å²) in [5.74, 6) is -0.979. The summed E-state index contributed by atoms with van der Waals surface area (Å²) in [6.45, 7) is 3.18. The molecule has 1 aliphatic rings. The van der Waals surface area contributed by atoms with Crippen molar-refractivity contribution in [1.29, 1.82) is 0 Å². The van der Waals surface area contributed by atoms with Gasteiger partial charge in [0.1, 0.15) is 0 Å². The van der Waals surface area contributed by atoms with Crippen LogP contribution in [-0.4, -0.2) is 67.2 Å². The third kappa shape index (κ3) is 5.34. The summed E-state index contributed by atoms with van der Waals surface area (Å²) in [4.78, 5) is 38.9. The van der Waals surface area contributed by atoms with Gasteiger partial charge in [0, 0.05) is 30.7 Å². The van der Waals surface area contributed by atoms with Gasteiger partial charge in [0.05, 0.1) is 17.2 Å². The number of carbonyl (C=O) groups excluding carboxylic acids is 3. The minimum absolute atomic E-state index is 0.191. The summed E-state index contributed by atoms with van der Waals surface area (Å²) in [6, 6.07) is 4.80. The van der Waals surface area contributed by atoms with E-state index >= 15 is 0 Å². The van der Waals surface area contributed by atoms with E-state index in [9.17, 15) is 14.4 Å². The van der Waals surface area contributed by atoms with Crippen LogP contribution in [0.2, 0.25) is 5.02 Å². The smallest absolute Gasteiger partial charge is 0.409 e. The molecule has 25 heavy (non-hydrogen) atoms. The van der Waals surface area contributed by atoms with Crippen molar-refractivity contribution in [2.75, 3.05) is 39.4 Å². The molecule has 0 unspecified atom stereocenters. The molecule has 136 valence electrons. The Labute approximate surface area is 158 Å². The van der Waals surface area contributed by atoms with Crippen LogP contribution in [0.1, 0.15) is 17.3 Å². The van der Waals surface area contributed by atoms with E-state index in [1.165, 1.54) is 6.07 Å². The Hall–Kier alpha value is -1.80. The van der Waals surface area contributed by atoms with Crippen LogP contribution in [0, 0.1) is 0 Å². The van der Waals surface area contributed by atoms with Gasteiger partial charge in [0.2, 0.25) is 0 Å². The van der Waals surface area contributed by atoms with Crippen LogP contribution in [0.5, 0.6) is 0 Å². The van der Waals surface area contributed by atoms with Crippen LogP contribution in [0.3, 0.4) is 0 Å². The molecule has 0 spiro atoms. The van der Waals surface area contributed by atoms with Gasteiger partial charge in [-0.1, -0.05) is 27.5 Å². The van der Waals surface area contributed by atoms with E-state index in [0.29, 0.717) is 37.3 Å². The second kappa shape index (κ2) is 9.05. The second-order valence-corrected chi connectivity index (χ2v) is 6.59. The summed E-state index contributed by atoms with van der Waals surface area (Å²) in [7, 11) is 0. The van der Waals surface area contributed by atoms with Crippen molar-refractivity contribution in [3.05, 3.63) is 33.3 Å². The van der Waals surface area contributed by atoms with Crippen molar-refractivity contribution in [3.8, 4) is 0 Å². The molecule has 9 heteroatoms. The van der Waals surface area contributed by atoms with Gasteiger partial charge in [-0.15, -0.1) is 0 Å². The summed E-state index contributed by atoms with van der Waals surface area (Å²) < 4.78 is 10.7. The van der Waals surface area contributed by atoms with Crippen LogP contribution in [0.4, 0.5) is 4.79 Å². The van der Waals surface area contributed by atoms with Gasteiger partial charge < -0.3 is 19.3 Å². The average molecular weight is 434 g/mol. The molecule has 1 fully saturated rings. The van der Waals surface area contributed by atoms with Crippen molar-refractivity contribution in [2.45, 2.75) is 6.92 Å². The van der Waals surface area contributed by atoms with Gasteiger partial charge in [0.25, 0.3) is 5.91 Å². The normalized spacial score (nSPS) is 14.2. The lowest BCUT2D eigenvalue weighted by atomic mass is 10.2. The Morgan fingerprint density at radius 3 is 2.40 bits per heavy atom. The zero-order chi connectivity index (χ0) is 18.4. The molecule has 1 aliphatic heterocycles. The Kier molecular flexibility index (Phi) is 7.07. The molecule has 0 bridgehead atoms. The minimum Gasteiger partial charge on any atom is -0.452 e. The number of esters is 1. The van der Waals surface area contributed by atoms with Gasteiger partial charge >= 0.3 is 12.1 Å². The average Bonchev–Trinajstić information content (AvgIpc) is 2.61. The fraction of sp³-hybridized carbons (Fsp3) is 0.438. The van der Waals surface area contributed by atoms with Gasteiger partial charge in [0.15, 0.2) is 6.61 Å². The summed E-state index contributed by atoms with van der Waals surface area (Å²) >= 11 is 9.21. The molecule has 1 aromatic rings. The molecule has 1 aromatic carbocycles. The lowest BCUT2D eigenvalue weighted by Gasteiger charge is -2.33. The molecule has 1 heterocycles. The number of halogens is 2. The number of piperazine rings is 1. The fourth-order valence-electron chi connectivity index (χ4n) is 2.30. The second-order valence-electron chi connectivity index (χ2n) is 5.27. The zero-order valence-electron chi connectivity index (χ0n) is 13.7. The molecule has 2 rings (SSSR count). The molecule has 0 aliphatic carbocycles. The first-order valence-corrected chi connectivity index (χ1v) is 8.91. The highest BCUT2D eigenvalue weighted by atomic mass is 79.9. The highest BCUT2D eigenvalue weighted by Gasteiger charge is 2.25. The Morgan fingerprint density at radius 2 is 1.76 bits per heavy atom. The van der Waals surface area contributed by atoms with Crippen molar-refractivity contribution in [1.82, 2.24) is 9.80 Å². The molecule has 0 N–H and O–H groups in total. The molecular formula is C16H18BrClN2O5. The van der Waals surface area contributed by atoms with E-state index in [2.05, 4.69) is 15.9 Å². The molecule has 0 aromatic heterocycles. The lowest BCUT2D eigenvalue weighted by Crippen LogP contribution is -2.51. The van der Waals surface area contributed by atoms with E-state index < -0.39 is 5.97 Å². The Bertz CT molecular complexity index is 662. The maximum absolute atomic E-state index is 12.2. The quantitative estimate of drug-likeness (QED) is 0.682. The zero-order valence-corrected chi connectivity index (χ0v) is 16.0. The Morgan fingerprint density at radius 1 is 1.12 bits per heavy atom. The third-order valence-corrected chi connectivity index (χ3v) is 4.46. The fourth-order valence-corrected chi connectivity index (χ4v) is 2.86. The van der Waals surface area contributed by atoms with Gasteiger partial charge in [-0.3, -0.25) is 4.79 Å². The van der Waals surface area contributed by atoms with Gasteiger partial charge in [-0.2, -0.15) is 0 Å². The van der Waals surface area contributed by atoms with E-state index in [1.807, 2.05) is 0 Å². The predicted molar refractivity (Wildman–Crippen MR) is 94.6 cm³/mol. The number of nitrogens with zero attached hydrogens (tertiary/aromatic N) is 2. The van der Waals surface area contributed by atoms with Gasteiger partial charge in [-0.05, 0) is 25.1 Å². The number of rotatable bonds is 4. The maximum Gasteiger partial charge on any atom is 0.409 e. The maximum atomic E-state index is 12.2. The third-order valence-electron chi connectivity index (χ3n) is 3.63. The first-order valence-electron chi connectivity index (χ1n) is 7.74. The highest BCUT2D eigenvalue weighted by molar-refractivity contribution is 9.10. The van der Waals surface area contributed by atoms with E-state index in [-0.39, 0.29) is 29.2 Å². The number of amides is 2. The summed E-state index contributed by atoms with van der Waals surface area (Å²) in [5, 5.41) is 0.253. The van der Waals surface area contributed by atoms with Gasteiger partial charge in [-0.25, -0.2) is 9.59 Å². The van der Waals surface area contributed by atoms with Crippen LogP contribution >= 0.6 is 27.5 Å². The molecule has 0 radical (unpaired) electrons. The molecule has 0 atom stereocenters. The first-order chi connectivity index (χ1) is 11.9. The lowest BCUT2D eigenvalue weighted by molar-refractivity contribution is -0.136. The monoisotopic (exact) mass is 432 g/mol. The standard InChI is InChI=1S/C16H18BrClN2O5/c1-2-24-16(23)20-7-5-19(6-8-20)14(21)10-25-15(22)12-9-11(17)3-4-13(12)18/h3-4,9H,2,5-8,10H2,1H3. The largest absolute Gasteiger partial charge is 0.452 e. The Balaban J connectivity index is 1.82. The van der Waals surface area contributed by atoms with E-state index in [1.54, 1.807) is 28.9 Å². The number of carbonyl (C=O) groups is 3. The number of hydrogen-bond donors (Lipinski definition) is 0.